The minimum absolute atomic E-state index is 0. The minimum atomic E-state index is -1.28. The molecule has 0 bridgehead atoms. The fraction of sp³-hybridized carbons (Fsp3) is 0.346. The van der Waals surface area contributed by atoms with Crippen LogP contribution in [0.2, 0.25) is 1.41 Å². The van der Waals surface area contributed by atoms with Gasteiger partial charge in [-0.2, -0.15) is 4.39 Å². The van der Waals surface area contributed by atoms with Crippen molar-refractivity contribution in [1.29, 1.82) is 5.40 Å². The van der Waals surface area contributed by atoms with Crippen molar-refractivity contribution in [2.75, 3.05) is 74.0 Å². The van der Waals surface area contributed by atoms with Crippen molar-refractivity contribution in [3.63, 3.8) is 0 Å². The van der Waals surface area contributed by atoms with Gasteiger partial charge in [0.1, 0.15) is 63.6 Å². The number of aromatic amines is 1. The van der Waals surface area contributed by atoms with Crippen molar-refractivity contribution in [3.8, 4) is 0 Å². The second kappa shape index (κ2) is 47.2. The van der Waals surface area contributed by atoms with Crippen LogP contribution < -0.4 is 65.7 Å². The lowest BCUT2D eigenvalue weighted by Gasteiger charge is -2.18. The molecule has 3 aliphatic rings. The summed E-state index contributed by atoms with van der Waals surface area (Å²) in [6, 6.07) is 20.9. The van der Waals surface area contributed by atoms with Crippen molar-refractivity contribution in [2.45, 2.75) is 103 Å². The summed E-state index contributed by atoms with van der Waals surface area (Å²) in [5.41, 5.74) is -3.71. The smallest absolute Gasteiger partial charge is 0.290 e. The first-order valence-electron chi connectivity index (χ1n) is 38.2. The monoisotopic (exact) mass is 2070 g/mol. The summed E-state index contributed by atoms with van der Waals surface area (Å²) < 4.78 is 124. The fourth-order valence-corrected chi connectivity index (χ4v) is 13.6. The van der Waals surface area contributed by atoms with Crippen LogP contribution in [0.5, 0.6) is 0 Å². The van der Waals surface area contributed by atoms with Gasteiger partial charge in [-0.1, -0.05) is 63.7 Å². The maximum Gasteiger partial charge on any atom is 0.290 e. The number of H-pyrrole nitrogens is 1. The van der Waals surface area contributed by atoms with E-state index in [1.165, 1.54) is 151 Å². The molecule has 0 unspecified atom stereocenters. The number of nitrogens with one attached hydrogen (secondary N) is 6. The van der Waals surface area contributed by atoms with Crippen LogP contribution in [-0.2, 0) is 71.5 Å². The molecule has 4 aromatic carbocycles. The van der Waals surface area contributed by atoms with E-state index >= 15 is 0 Å². The van der Waals surface area contributed by atoms with Gasteiger partial charge in [-0.15, -0.1) is 24.0 Å². The van der Waals surface area contributed by atoms with E-state index in [0.717, 1.165) is 39.3 Å². The highest BCUT2D eigenvalue weighted by Gasteiger charge is 2.34. The van der Waals surface area contributed by atoms with Crippen LogP contribution >= 0.6 is 87.7 Å². The molecular formula is C81H89Br4Cl2F6N17O17. The van der Waals surface area contributed by atoms with E-state index in [0.29, 0.717) is 44.2 Å². The molecule has 34 nitrogen and oxygen atoms in total. The van der Waals surface area contributed by atoms with Crippen molar-refractivity contribution < 1.29 is 71.9 Å². The van der Waals surface area contributed by atoms with E-state index in [1.807, 2.05) is 13.8 Å². The number of hydrogen-bond acceptors (Lipinski definition) is 26. The predicted octanol–water partition coefficient (Wildman–Crippen LogP) is 11.3. The van der Waals surface area contributed by atoms with Crippen LogP contribution in [-0.4, -0.2) is 172 Å². The Morgan fingerprint density at radius 1 is 0.528 bits per heavy atom. The molecule has 0 radical (unpaired) electrons. The Bertz CT molecular complexity index is 6480. The highest BCUT2D eigenvalue weighted by Crippen LogP contribution is 2.32. The molecule has 0 amide bonds. The Hall–Kier alpha value is -10.2. The van der Waals surface area contributed by atoms with Gasteiger partial charge < -0.3 is 75.8 Å². The largest absolute Gasteiger partial charge is 0.394 e. The summed E-state index contributed by atoms with van der Waals surface area (Å²) >= 11 is 18.2. The van der Waals surface area contributed by atoms with Crippen molar-refractivity contribution in [2.24, 2.45) is 28.2 Å². The number of aliphatic hydroxyl groups is 4. The van der Waals surface area contributed by atoms with Gasteiger partial charge in [0.25, 0.3) is 44.5 Å². The molecule has 12 aromatic rings. The average molecular weight is 2080 g/mol. The molecule has 15 rings (SSSR count). The van der Waals surface area contributed by atoms with Crippen LogP contribution in [0.4, 0.5) is 71.8 Å². The number of pyridine rings is 4. The second-order valence-electron chi connectivity index (χ2n) is 28.4. The molecule has 684 valence electrons. The zero-order chi connectivity index (χ0) is 93.6. The molecule has 11 heterocycles. The summed E-state index contributed by atoms with van der Waals surface area (Å²) in [7, 11) is 6.26. The number of fused-ring (bicyclic) bond motifs is 4. The number of hydrogen-bond donors (Lipinski definition) is 10. The van der Waals surface area contributed by atoms with Crippen LogP contribution in [0.3, 0.4) is 0 Å². The Morgan fingerprint density at radius 2 is 0.874 bits per heavy atom. The average Bonchev–Trinajstić information content (AvgIpc) is 1.31. The van der Waals surface area contributed by atoms with E-state index in [-0.39, 0.29) is 145 Å². The van der Waals surface area contributed by atoms with Gasteiger partial charge in [0, 0.05) is 77.5 Å². The van der Waals surface area contributed by atoms with Gasteiger partial charge in [0.15, 0.2) is 35.6 Å². The number of nitrogens with zero attached hydrogens (tertiary/aromatic N) is 11. The summed E-state index contributed by atoms with van der Waals surface area (Å²) in [5.74, 6) is -4.24. The Labute approximate surface area is 764 Å². The van der Waals surface area contributed by atoms with Crippen LogP contribution in [0.1, 0.15) is 47.5 Å². The van der Waals surface area contributed by atoms with E-state index in [4.69, 9.17) is 46.9 Å². The summed E-state index contributed by atoms with van der Waals surface area (Å²) in [6.07, 6.45) is 6.21. The van der Waals surface area contributed by atoms with Crippen molar-refractivity contribution >= 4 is 184 Å². The molecule has 127 heavy (non-hydrogen) atoms. The second-order valence-corrected chi connectivity index (χ2v) is 32.3. The van der Waals surface area contributed by atoms with E-state index < -0.39 is 99.6 Å². The minimum Gasteiger partial charge on any atom is -0.394 e. The zero-order valence-corrected chi connectivity index (χ0v) is 77.3. The number of halogens is 12. The standard InChI is InChI=1S/C20H20BrFN4O4.C17H15BrF2N4O4.C17H16BrFN4O4.C14H10BrFN4O2.C6H11ClO2.C4H8O.C2H5N.CH3F.ClH/c1-20(2)29-9-12(30-20)8-26-10-23-18-17(19(26)28)15(7-16(27)25(18)3)24-14-5-4-11(21)6-13(14)22;1-23-15-12(16(27)24(7-21-15)5-9(26)6-25)14(13(20)17(23)28)22-11-3-2-8(18)4-10(11)19;1-22-14(26)5-13(21-12-3-2-9(18)4-11(12)19)15-16(22)20-8-23(17(15)27)6-10(25)7-24;1-20-11(21)5-10(12-13(20)17-6-18-14(12)22)19-9-3-2-7(15)4-8(9)16;1-6(2)8-4-5(3-7)9-6;1-2-4-5-3-1;1-2-3;1-2;/h4-7,10,12,24H,8-9H2,1-3H3;2-4,7,9,22,25-26H,5-6H2,1H3;2-5,8,10,21,24-25H,6-7H2,1H3;2-6,19H,1H3,(H,17,18,22);5H,3-4H2,1-2H3;1-4H2;2-3H,1H3;1H3;1H/t12-;9-;10-;;5-;;;;/m000.0..../s1/i/hD. The van der Waals surface area contributed by atoms with Crippen LogP contribution in [0.15, 0.2) is 173 Å². The molecular weight excluding hydrogens is 1990 g/mol. The molecule has 0 aliphatic carbocycles. The normalized spacial score (nSPS) is 15.1. The van der Waals surface area contributed by atoms with Gasteiger partial charge in [0.2, 0.25) is 5.82 Å². The maximum atomic E-state index is 14.7. The Balaban J connectivity index is 0.000000218. The zero-order valence-electron chi connectivity index (χ0n) is 70.4. The molecule has 3 aliphatic heterocycles. The lowest BCUT2D eigenvalue weighted by Crippen LogP contribution is -2.32. The molecule has 8 aromatic heterocycles. The number of aromatic nitrogens is 12. The SMILES string of the molecule is C1CCOC1.CC1(C)OC[C@H](CCl)O1.CF.Cl.Cn1c(=O)c(F)c(Nc2ccc(Br)cc2F)c2c(=O)n(C[C@H](O)CO)cnc21.Cn1c(=O)cc(Nc2ccc(Br)cc2F)c2c(=O)[nH]cnc21.Cn1c(=O)cc(Nc2ccc(Br)cc2F)c2c(=O)n(C[C@H](O)CO)cnc21.Cn1c(=O)cc(Nc2ccc(Br)cc2F)c2c(=O)n(C[C@H]3COC(C)(C)O3)cnc21.[2H]N=CC. The number of benzene rings is 4. The van der Waals surface area contributed by atoms with E-state index in [2.05, 4.69) is 115 Å². The van der Waals surface area contributed by atoms with Gasteiger partial charge >= 0.3 is 0 Å². The maximum absolute atomic E-state index is 14.7. The lowest BCUT2D eigenvalue weighted by atomic mass is 10.2. The van der Waals surface area contributed by atoms with Gasteiger partial charge in [-0.25, -0.2) is 37.5 Å². The first-order valence-corrected chi connectivity index (χ1v) is 41.5. The number of aryl methyl sites for hydroxylation is 4. The topological polar surface area (TPSA) is 437 Å². The molecule has 4 atom stereocenters. The van der Waals surface area contributed by atoms with Gasteiger partial charge in [0.05, 0.1) is 136 Å². The summed E-state index contributed by atoms with van der Waals surface area (Å²) in [5, 5.41) is 51.1. The van der Waals surface area contributed by atoms with Crippen LogP contribution in [0, 0.1) is 34.5 Å². The molecule has 0 saturated carbocycles. The third kappa shape index (κ3) is 27.0. The summed E-state index contributed by atoms with van der Waals surface area (Å²) in [4.78, 5) is 119. The van der Waals surface area contributed by atoms with Crippen molar-refractivity contribution in [3.05, 3.63) is 246 Å². The Morgan fingerprint density at radius 3 is 1.21 bits per heavy atom. The third-order valence-corrected chi connectivity index (χ3v) is 20.6. The number of ether oxygens (including phenoxy) is 5. The molecule has 3 fully saturated rings. The number of aliphatic hydroxyl groups excluding tert-OH is 4. The fourth-order valence-electron chi connectivity index (χ4n) is 12.2. The quantitative estimate of drug-likeness (QED) is 0.0230. The third-order valence-electron chi connectivity index (χ3n) is 18.3. The molecule has 46 heteroatoms. The first kappa shape index (κ1) is 102. The number of rotatable bonds is 17. The van der Waals surface area contributed by atoms with Crippen molar-refractivity contribution in [1.82, 2.24) is 56.9 Å². The molecule has 3 saturated heterocycles. The van der Waals surface area contributed by atoms with Gasteiger partial charge in [-0.05, 0) is 126 Å². The van der Waals surface area contributed by atoms with E-state index in [1.54, 1.807) is 39.0 Å². The lowest BCUT2D eigenvalue weighted by molar-refractivity contribution is -0.139. The van der Waals surface area contributed by atoms with Gasteiger partial charge in [-0.3, -0.25) is 74.7 Å². The first-order chi connectivity index (χ1) is 60.2. The molecule has 0 spiro atoms. The summed E-state index contributed by atoms with van der Waals surface area (Å²) in [6.45, 7) is 10.7. The highest BCUT2D eigenvalue weighted by molar-refractivity contribution is 9.11. The Kier molecular flexibility index (Phi) is 38.0. The van der Waals surface area contributed by atoms with Crippen LogP contribution in [0.25, 0.3) is 44.1 Å². The highest BCUT2D eigenvalue weighted by atomic mass is 79.9. The molecule has 10 N–H and O–H groups in total. The van der Waals surface area contributed by atoms with E-state index in [9.17, 15) is 74.9 Å². The number of alkyl halides is 2. The predicted molar refractivity (Wildman–Crippen MR) is 486 cm³/mol. The number of anilines is 8.